The molecule has 2 rings (SSSR count). The first-order chi connectivity index (χ1) is 9.04. The van der Waals surface area contributed by atoms with Gasteiger partial charge in [0.05, 0.1) is 12.6 Å². The van der Waals surface area contributed by atoms with Crippen LogP contribution in [0.1, 0.15) is 11.7 Å². The molecule has 2 N–H and O–H groups in total. The van der Waals surface area contributed by atoms with Gasteiger partial charge in [0, 0.05) is 5.39 Å². The molecule has 0 bridgehead atoms. The van der Waals surface area contributed by atoms with Gasteiger partial charge in [0.1, 0.15) is 17.6 Å². The predicted octanol–water partition coefficient (Wildman–Crippen LogP) is 0.850. The molecule has 2 unspecified atom stereocenters. The molecule has 2 aromatic rings. The van der Waals surface area contributed by atoms with Gasteiger partial charge in [-0.3, -0.25) is 0 Å². The number of carbonyl (C=O) groups is 1. The second-order valence-corrected chi connectivity index (χ2v) is 4.21. The molecule has 0 aliphatic carbocycles. The first kappa shape index (κ1) is 13.7. The summed E-state index contributed by atoms with van der Waals surface area (Å²) in [5.74, 6) is -0.909. The van der Waals surface area contributed by atoms with Crippen LogP contribution in [0.25, 0.3) is 10.9 Å². The van der Waals surface area contributed by atoms with Crippen LogP contribution in [0, 0.1) is 0 Å². The number of benzene rings is 1. The van der Waals surface area contributed by atoms with E-state index < -0.39 is 18.2 Å². The van der Waals surface area contributed by atoms with E-state index in [1.54, 1.807) is 6.07 Å². The van der Waals surface area contributed by atoms with Crippen molar-refractivity contribution in [2.75, 3.05) is 7.11 Å². The minimum atomic E-state index is -1.65. The Balaban J connectivity index is 2.38. The maximum Gasteiger partial charge on any atom is 0.337 e. The lowest BCUT2D eigenvalue weighted by Crippen LogP contribution is -2.29. The number of ether oxygens (including phenoxy) is 1. The van der Waals surface area contributed by atoms with Gasteiger partial charge < -0.3 is 14.9 Å². The highest BCUT2D eigenvalue weighted by molar-refractivity contribution is 6.34. The van der Waals surface area contributed by atoms with Crippen molar-refractivity contribution in [3.8, 4) is 0 Å². The van der Waals surface area contributed by atoms with Crippen molar-refractivity contribution in [3.05, 3.63) is 35.2 Å². The molecule has 7 heteroatoms. The molecule has 0 fully saturated rings. The summed E-state index contributed by atoms with van der Waals surface area (Å²) in [6.45, 7) is 0. The summed E-state index contributed by atoms with van der Waals surface area (Å²) in [5.41, 5.74) is 0.841. The third-order valence-corrected chi connectivity index (χ3v) is 3.00. The monoisotopic (exact) mass is 282 g/mol. The molecule has 1 heterocycles. The quantitative estimate of drug-likeness (QED) is 0.640. The van der Waals surface area contributed by atoms with E-state index in [9.17, 15) is 15.0 Å². The zero-order valence-electron chi connectivity index (χ0n) is 9.95. The third kappa shape index (κ3) is 2.65. The Hall–Kier alpha value is -1.76. The minimum Gasteiger partial charge on any atom is -0.467 e. The first-order valence-electron chi connectivity index (χ1n) is 5.38. The number of rotatable bonds is 3. The van der Waals surface area contributed by atoms with Gasteiger partial charge in [-0.25, -0.2) is 14.8 Å². The molecule has 0 aliphatic rings. The summed E-state index contributed by atoms with van der Waals surface area (Å²) in [7, 11) is 1.13. The number of halogens is 1. The topological polar surface area (TPSA) is 92.5 Å². The largest absolute Gasteiger partial charge is 0.467 e. The standard InChI is InChI=1S/C12H11ClN2O4/c1-19-12(18)10(17)9(16)6-2-3-7-8(4-6)14-5-15-11(7)13/h2-5,9-10,16-17H,1H3. The number of hydrogen-bond acceptors (Lipinski definition) is 6. The van der Waals surface area contributed by atoms with Gasteiger partial charge in [-0.2, -0.15) is 0 Å². The average Bonchev–Trinajstić information content (AvgIpc) is 2.44. The number of methoxy groups -OCH3 is 1. The van der Waals surface area contributed by atoms with E-state index >= 15 is 0 Å². The minimum absolute atomic E-state index is 0.291. The second-order valence-electron chi connectivity index (χ2n) is 3.85. The molecule has 0 saturated carbocycles. The highest BCUT2D eigenvalue weighted by Crippen LogP contribution is 2.24. The van der Waals surface area contributed by atoms with Crippen LogP contribution in [-0.4, -0.2) is 39.4 Å². The first-order valence-corrected chi connectivity index (χ1v) is 5.76. The van der Waals surface area contributed by atoms with E-state index in [-0.39, 0.29) is 0 Å². The maximum atomic E-state index is 11.2. The lowest BCUT2D eigenvalue weighted by atomic mass is 10.0. The van der Waals surface area contributed by atoms with Crippen molar-refractivity contribution < 1.29 is 19.7 Å². The van der Waals surface area contributed by atoms with Crippen molar-refractivity contribution in [2.45, 2.75) is 12.2 Å². The Bertz CT molecular complexity index is 620. The van der Waals surface area contributed by atoms with Crippen LogP contribution in [0.3, 0.4) is 0 Å². The number of hydrogen-bond donors (Lipinski definition) is 2. The van der Waals surface area contributed by atoms with Crippen LogP contribution in [0.4, 0.5) is 0 Å². The molecular weight excluding hydrogens is 272 g/mol. The fraction of sp³-hybridized carbons (Fsp3) is 0.250. The molecule has 0 aliphatic heterocycles. The zero-order chi connectivity index (χ0) is 14.0. The van der Waals surface area contributed by atoms with E-state index in [0.717, 1.165) is 7.11 Å². The van der Waals surface area contributed by atoms with Crippen LogP contribution in [0.5, 0.6) is 0 Å². The van der Waals surface area contributed by atoms with Gasteiger partial charge in [0.15, 0.2) is 6.10 Å². The summed E-state index contributed by atoms with van der Waals surface area (Å²) in [5, 5.41) is 20.4. The third-order valence-electron chi connectivity index (χ3n) is 2.70. The lowest BCUT2D eigenvalue weighted by molar-refractivity contribution is -0.156. The molecule has 0 spiro atoms. The molecular formula is C12H11ClN2O4. The SMILES string of the molecule is COC(=O)C(O)C(O)c1ccc2c(Cl)ncnc2c1. The van der Waals surface area contributed by atoms with Crippen molar-refractivity contribution in [2.24, 2.45) is 0 Å². The summed E-state index contributed by atoms with van der Waals surface area (Å²) in [6, 6.07) is 4.67. The summed E-state index contributed by atoms with van der Waals surface area (Å²) < 4.78 is 4.37. The predicted molar refractivity (Wildman–Crippen MR) is 67.5 cm³/mol. The van der Waals surface area contributed by atoms with Crippen LogP contribution in [-0.2, 0) is 9.53 Å². The molecule has 19 heavy (non-hydrogen) atoms. The maximum absolute atomic E-state index is 11.2. The van der Waals surface area contributed by atoms with E-state index in [4.69, 9.17) is 11.6 Å². The van der Waals surface area contributed by atoms with E-state index in [1.165, 1.54) is 18.5 Å². The van der Waals surface area contributed by atoms with E-state index in [2.05, 4.69) is 14.7 Å². The van der Waals surface area contributed by atoms with Crippen LogP contribution >= 0.6 is 11.6 Å². The average molecular weight is 283 g/mol. The fourth-order valence-electron chi connectivity index (χ4n) is 1.66. The van der Waals surface area contributed by atoms with E-state index in [1.807, 2.05) is 0 Å². The summed E-state index contributed by atoms with van der Waals surface area (Å²) in [4.78, 5) is 19.0. The highest BCUT2D eigenvalue weighted by atomic mass is 35.5. The zero-order valence-corrected chi connectivity index (χ0v) is 10.7. The molecule has 1 aromatic carbocycles. The van der Waals surface area contributed by atoms with Crippen molar-refractivity contribution in [3.63, 3.8) is 0 Å². The van der Waals surface area contributed by atoms with Gasteiger partial charge in [-0.15, -0.1) is 0 Å². The number of aliphatic hydroxyl groups excluding tert-OH is 2. The van der Waals surface area contributed by atoms with Crippen molar-refractivity contribution in [1.82, 2.24) is 9.97 Å². The molecule has 0 saturated heterocycles. The number of aromatic nitrogens is 2. The molecule has 100 valence electrons. The van der Waals surface area contributed by atoms with Crippen molar-refractivity contribution in [1.29, 1.82) is 0 Å². The van der Waals surface area contributed by atoms with E-state index in [0.29, 0.717) is 21.6 Å². The number of esters is 1. The Morgan fingerprint density at radius 3 is 2.79 bits per heavy atom. The molecule has 1 aromatic heterocycles. The molecule has 2 atom stereocenters. The molecule has 0 radical (unpaired) electrons. The number of nitrogens with zero attached hydrogens (tertiary/aromatic N) is 2. The Kier molecular flexibility index (Phi) is 3.94. The number of carbonyl (C=O) groups excluding carboxylic acids is 1. The highest BCUT2D eigenvalue weighted by Gasteiger charge is 2.26. The molecule has 0 amide bonds. The van der Waals surface area contributed by atoms with Crippen LogP contribution in [0.2, 0.25) is 5.15 Å². The second kappa shape index (κ2) is 5.48. The van der Waals surface area contributed by atoms with Gasteiger partial charge >= 0.3 is 5.97 Å². The summed E-state index contributed by atoms with van der Waals surface area (Å²) in [6.07, 6.45) is -1.76. The van der Waals surface area contributed by atoms with Gasteiger partial charge in [0.2, 0.25) is 0 Å². The lowest BCUT2D eigenvalue weighted by Gasteiger charge is -2.16. The Labute approximate surface area is 113 Å². The van der Waals surface area contributed by atoms with Gasteiger partial charge in [-0.1, -0.05) is 17.7 Å². The molecule has 6 nitrogen and oxygen atoms in total. The van der Waals surface area contributed by atoms with Crippen LogP contribution < -0.4 is 0 Å². The van der Waals surface area contributed by atoms with Gasteiger partial charge in [0.25, 0.3) is 0 Å². The number of aliphatic hydroxyl groups is 2. The normalized spacial score (nSPS) is 14.1. The smallest absolute Gasteiger partial charge is 0.337 e. The van der Waals surface area contributed by atoms with Crippen LogP contribution in [0.15, 0.2) is 24.5 Å². The van der Waals surface area contributed by atoms with Crippen molar-refractivity contribution >= 4 is 28.5 Å². The van der Waals surface area contributed by atoms with Gasteiger partial charge in [-0.05, 0) is 17.7 Å². The number of fused-ring (bicyclic) bond motifs is 1. The fourth-order valence-corrected chi connectivity index (χ4v) is 1.86. The Morgan fingerprint density at radius 1 is 1.37 bits per heavy atom. The summed E-state index contributed by atoms with van der Waals surface area (Å²) >= 11 is 5.89. The Morgan fingerprint density at radius 2 is 2.11 bits per heavy atom.